The smallest absolute Gasteiger partial charge is 0.271 e. The molecule has 1 aromatic rings. The fourth-order valence-electron chi connectivity index (χ4n) is 1.23. The molecule has 0 aliphatic rings. The number of nitrogens with zero attached hydrogens (tertiary/aromatic N) is 1. The second-order valence-electron chi connectivity index (χ2n) is 4.04. The molecule has 0 spiro atoms. The highest BCUT2D eigenvalue weighted by Gasteiger charge is 2.12. The van der Waals surface area contributed by atoms with Crippen LogP contribution < -0.4 is 10.6 Å². The van der Waals surface area contributed by atoms with Gasteiger partial charge in [-0.3, -0.25) is 14.9 Å². The summed E-state index contributed by atoms with van der Waals surface area (Å²) in [4.78, 5) is 21.5. The molecule has 7 heteroatoms. The average Bonchev–Trinajstić information content (AvgIpc) is 2.29. The molecule has 0 bridgehead atoms. The fourth-order valence-corrected chi connectivity index (χ4v) is 1.23. The Labute approximate surface area is 104 Å². The lowest BCUT2D eigenvalue weighted by atomic mass is 10.2. The number of carbonyl (C=O) groups is 1. The Morgan fingerprint density at radius 2 is 2.17 bits per heavy atom. The zero-order valence-electron chi connectivity index (χ0n) is 10.1. The molecule has 0 atom stereocenters. The second kappa shape index (κ2) is 5.97. The predicted molar refractivity (Wildman–Crippen MR) is 66.5 cm³/mol. The van der Waals surface area contributed by atoms with Gasteiger partial charge >= 0.3 is 0 Å². The van der Waals surface area contributed by atoms with E-state index in [0.717, 1.165) is 12.1 Å². The third kappa shape index (κ3) is 4.02. The molecule has 18 heavy (non-hydrogen) atoms. The molecule has 3 N–H and O–H groups in total. The maximum absolute atomic E-state index is 11.5. The average molecular weight is 253 g/mol. The minimum atomic E-state index is -0.596. The van der Waals surface area contributed by atoms with Crippen LogP contribution in [0, 0.1) is 10.1 Å². The van der Waals surface area contributed by atoms with Gasteiger partial charge in [-0.05, 0) is 6.07 Å². The number of anilines is 1. The first-order valence-corrected chi connectivity index (χ1v) is 5.41. The maximum atomic E-state index is 11.5. The molecular weight excluding hydrogens is 238 g/mol. The van der Waals surface area contributed by atoms with Gasteiger partial charge in [0.05, 0.1) is 17.2 Å². The van der Waals surface area contributed by atoms with Crippen molar-refractivity contribution in [2.45, 2.75) is 19.9 Å². The van der Waals surface area contributed by atoms with Gasteiger partial charge in [-0.2, -0.15) is 0 Å². The number of carbonyl (C=O) groups excluding carboxylic acids is 1. The van der Waals surface area contributed by atoms with Gasteiger partial charge in [0, 0.05) is 18.2 Å². The lowest BCUT2D eigenvalue weighted by Gasteiger charge is -2.09. The summed E-state index contributed by atoms with van der Waals surface area (Å²) in [6.07, 6.45) is 0. The van der Waals surface area contributed by atoms with E-state index in [2.05, 4.69) is 10.6 Å². The van der Waals surface area contributed by atoms with Gasteiger partial charge in [0.1, 0.15) is 5.75 Å². The Morgan fingerprint density at radius 3 is 2.72 bits per heavy atom. The number of nitrogens with one attached hydrogen (secondary N) is 2. The van der Waals surface area contributed by atoms with Crippen molar-refractivity contribution in [1.82, 2.24) is 5.32 Å². The van der Waals surface area contributed by atoms with Crippen molar-refractivity contribution in [3.8, 4) is 5.75 Å². The summed E-state index contributed by atoms with van der Waals surface area (Å²) >= 11 is 0. The van der Waals surface area contributed by atoms with Crippen LogP contribution in [0.15, 0.2) is 18.2 Å². The van der Waals surface area contributed by atoms with E-state index in [1.54, 1.807) is 0 Å². The lowest BCUT2D eigenvalue weighted by Crippen LogP contribution is -2.32. The molecule has 1 amide bonds. The van der Waals surface area contributed by atoms with Gasteiger partial charge < -0.3 is 15.7 Å². The van der Waals surface area contributed by atoms with Crippen LogP contribution in [-0.4, -0.2) is 28.5 Å². The third-order valence-electron chi connectivity index (χ3n) is 2.14. The first-order chi connectivity index (χ1) is 8.40. The van der Waals surface area contributed by atoms with Gasteiger partial charge in [0.15, 0.2) is 0 Å². The van der Waals surface area contributed by atoms with E-state index in [-0.39, 0.29) is 35.6 Å². The number of benzene rings is 1. The number of aromatic hydroxyl groups is 1. The molecule has 1 rings (SSSR count). The highest BCUT2D eigenvalue weighted by atomic mass is 16.6. The van der Waals surface area contributed by atoms with E-state index < -0.39 is 4.92 Å². The summed E-state index contributed by atoms with van der Waals surface area (Å²) in [5, 5.41) is 25.3. The Hall–Kier alpha value is -2.15. The highest BCUT2D eigenvalue weighted by Crippen LogP contribution is 2.27. The zero-order chi connectivity index (χ0) is 13.7. The van der Waals surface area contributed by atoms with Gasteiger partial charge in [-0.15, -0.1) is 0 Å². The molecule has 0 aromatic heterocycles. The number of nitro benzene ring substituents is 1. The van der Waals surface area contributed by atoms with Crippen LogP contribution in [0.2, 0.25) is 0 Å². The molecule has 0 aliphatic heterocycles. The standard InChI is InChI=1S/C11H15N3O4/c1-7(2)12-6-11(16)13-9-5-8(14(17)18)3-4-10(9)15/h3-5,7,12,15H,6H2,1-2H3,(H,13,16). The molecule has 0 saturated heterocycles. The van der Waals surface area contributed by atoms with Crippen LogP contribution in [0.5, 0.6) is 5.75 Å². The second-order valence-corrected chi connectivity index (χ2v) is 4.04. The number of hydrogen-bond acceptors (Lipinski definition) is 5. The first-order valence-electron chi connectivity index (χ1n) is 5.41. The fraction of sp³-hybridized carbons (Fsp3) is 0.364. The Balaban J connectivity index is 2.74. The molecular formula is C11H15N3O4. The summed E-state index contributed by atoms with van der Waals surface area (Å²) < 4.78 is 0. The van der Waals surface area contributed by atoms with Crippen LogP contribution in [0.25, 0.3) is 0 Å². The summed E-state index contributed by atoms with van der Waals surface area (Å²) in [6.45, 7) is 3.84. The van der Waals surface area contributed by atoms with E-state index in [1.807, 2.05) is 13.8 Å². The van der Waals surface area contributed by atoms with Crippen molar-refractivity contribution in [3.05, 3.63) is 28.3 Å². The van der Waals surface area contributed by atoms with Crippen molar-refractivity contribution in [2.75, 3.05) is 11.9 Å². The Morgan fingerprint density at radius 1 is 1.50 bits per heavy atom. The number of nitro groups is 1. The maximum Gasteiger partial charge on any atom is 0.271 e. The quantitative estimate of drug-likeness (QED) is 0.416. The number of amides is 1. The summed E-state index contributed by atoms with van der Waals surface area (Å²) in [6, 6.07) is 3.60. The molecule has 0 aliphatic carbocycles. The molecule has 0 radical (unpaired) electrons. The van der Waals surface area contributed by atoms with Crippen LogP contribution in [-0.2, 0) is 4.79 Å². The van der Waals surface area contributed by atoms with Gasteiger partial charge in [0.25, 0.3) is 5.69 Å². The van der Waals surface area contributed by atoms with Crippen LogP contribution >= 0.6 is 0 Å². The molecule has 98 valence electrons. The Bertz CT molecular complexity index is 460. The van der Waals surface area contributed by atoms with E-state index in [0.29, 0.717) is 0 Å². The van der Waals surface area contributed by atoms with Gasteiger partial charge in [0.2, 0.25) is 5.91 Å². The number of rotatable bonds is 5. The first kappa shape index (κ1) is 13.9. The van der Waals surface area contributed by atoms with Crippen molar-refractivity contribution in [1.29, 1.82) is 0 Å². The van der Waals surface area contributed by atoms with E-state index in [4.69, 9.17) is 0 Å². The Kier molecular flexibility index (Phi) is 4.61. The molecule has 0 fully saturated rings. The van der Waals surface area contributed by atoms with Crippen LogP contribution in [0.1, 0.15) is 13.8 Å². The minimum Gasteiger partial charge on any atom is -0.506 e. The topological polar surface area (TPSA) is 104 Å². The van der Waals surface area contributed by atoms with Crippen molar-refractivity contribution in [3.63, 3.8) is 0 Å². The summed E-state index contributed by atoms with van der Waals surface area (Å²) in [5.41, 5.74) is -0.167. The minimum absolute atomic E-state index is 0.0276. The number of non-ortho nitro benzene ring substituents is 1. The van der Waals surface area contributed by atoms with E-state index >= 15 is 0 Å². The number of hydrogen-bond donors (Lipinski definition) is 3. The molecule has 0 saturated carbocycles. The molecule has 1 aromatic carbocycles. The third-order valence-corrected chi connectivity index (χ3v) is 2.14. The monoisotopic (exact) mass is 253 g/mol. The number of phenols is 1. The highest BCUT2D eigenvalue weighted by molar-refractivity contribution is 5.94. The summed E-state index contributed by atoms with van der Waals surface area (Å²) in [7, 11) is 0. The van der Waals surface area contributed by atoms with E-state index in [1.165, 1.54) is 6.07 Å². The molecule has 0 heterocycles. The van der Waals surface area contributed by atoms with Crippen LogP contribution in [0.3, 0.4) is 0 Å². The molecule has 0 unspecified atom stereocenters. The zero-order valence-corrected chi connectivity index (χ0v) is 10.1. The SMILES string of the molecule is CC(C)NCC(=O)Nc1cc([N+](=O)[O-])ccc1O. The van der Waals surface area contributed by atoms with Crippen molar-refractivity contribution < 1.29 is 14.8 Å². The van der Waals surface area contributed by atoms with Crippen molar-refractivity contribution in [2.24, 2.45) is 0 Å². The van der Waals surface area contributed by atoms with Gasteiger partial charge in [-0.1, -0.05) is 13.8 Å². The van der Waals surface area contributed by atoms with Gasteiger partial charge in [-0.25, -0.2) is 0 Å². The predicted octanol–water partition coefficient (Wildman–Crippen LogP) is 1.24. The lowest BCUT2D eigenvalue weighted by molar-refractivity contribution is -0.384. The largest absolute Gasteiger partial charge is 0.506 e. The van der Waals surface area contributed by atoms with Crippen molar-refractivity contribution >= 4 is 17.3 Å². The van der Waals surface area contributed by atoms with Crippen LogP contribution in [0.4, 0.5) is 11.4 Å². The normalized spacial score (nSPS) is 10.4. The number of phenolic OH excluding ortho intramolecular Hbond substituents is 1. The summed E-state index contributed by atoms with van der Waals surface area (Å²) in [5.74, 6) is -0.585. The molecule has 7 nitrogen and oxygen atoms in total. The van der Waals surface area contributed by atoms with E-state index in [9.17, 15) is 20.0 Å².